The Labute approximate surface area is 120 Å². The van der Waals surface area contributed by atoms with Gasteiger partial charge in [0.15, 0.2) is 0 Å². The van der Waals surface area contributed by atoms with Gasteiger partial charge in [-0.15, -0.1) is 0 Å². The van der Waals surface area contributed by atoms with Crippen LogP contribution >= 0.6 is 0 Å². The van der Waals surface area contributed by atoms with Crippen molar-refractivity contribution in [2.45, 2.75) is 31.8 Å². The van der Waals surface area contributed by atoms with Gasteiger partial charge in [-0.2, -0.15) is 0 Å². The van der Waals surface area contributed by atoms with Crippen LogP contribution in [0.15, 0.2) is 24.3 Å². The van der Waals surface area contributed by atoms with Crippen LogP contribution in [-0.2, 0) is 11.3 Å². The first-order valence-corrected chi connectivity index (χ1v) is 6.78. The second-order valence-electron chi connectivity index (χ2n) is 4.38. The molecule has 0 aliphatic heterocycles. The molecule has 1 atom stereocenters. The van der Waals surface area contributed by atoms with Gasteiger partial charge < -0.3 is 21.6 Å². The molecule has 112 valence electrons. The van der Waals surface area contributed by atoms with Gasteiger partial charge in [0, 0.05) is 12.1 Å². The lowest BCUT2D eigenvalue weighted by Gasteiger charge is -2.06. The molecular weight excluding hydrogens is 254 g/mol. The first-order chi connectivity index (χ1) is 9.71. The number of hydrogen-bond donors (Lipinski definition) is 3. The molecule has 5 heteroatoms. The molecular formula is C15H25N3O2. The Balaban J connectivity index is 0.000000361. The van der Waals surface area contributed by atoms with Gasteiger partial charge in [0.25, 0.3) is 0 Å². The summed E-state index contributed by atoms with van der Waals surface area (Å²) in [5.74, 6) is 0. The highest BCUT2D eigenvalue weighted by Crippen LogP contribution is 2.00. The number of unbranched alkanes of at least 4 members (excludes halogenated alkanes) is 1. The summed E-state index contributed by atoms with van der Waals surface area (Å²) in [7, 11) is 1.79. The highest BCUT2D eigenvalue weighted by atomic mass is 16.1. The number of rotatable bonds is 8. The fourth-order valence-corrected chi connectivity index (χ4v) is 1.52. The fraction of sp³-hybridized carbons (Fsp3) is 0.467. The van der Waals surface area contributed by atoms with Crippen molar-refractivity contribution in [3.63, 3.8) is 0 Å². The lowest BCUT2D eigenvalue weighted by molar-refractivity contribution is -0.109. The van der Waals surface area contributed by atoms with E-state index in [0.29, 0.717) is 12.1 Å². The molecule has 1 aromatic rings. The van der Waals surface area contributed by atoms with Gasteiger partial charge in [0.05, 0.1) is 6.04 Å². The van der Waals surface area contributed by atoms with Crippen LogP contribution < -0.4 is 16.8 Å². The Morgan fingerprint density at radius 2 is 1.80 bits per heavy atom. The van der Waals surface area contributed by atoms with Crippen LogP contribution in [0.3, 0.4) is 0 Å². The van der Waals surface area contributed by atoms with Gasteiger partial charge in [-0.3, -0.25) is 4.79 Å². The van der Waals surface area contributed by atoms with E-state index in [1.807, 2.05) is 12.1 Å². The molecule has 5 N–H and O–H groups in total. The van der Waals surface area contributed by atoms with E-state index in [1.54, 1.807) is 19.2 Å². The number of hydrogen-bond acceptors (Lipinski definition) is 5. The zero-order chi connectivity index (χ0) is 15.2. The quantitative estimate of drug-likeness (QED) is 0.484. The molecule has 1 aromatic carbocycles. The molecule has 0 saturated heterocycles. The Bertz CT molecular complexity index is 366. The highest BCUT2D eigenvalue weighted by Gasteiger charge is 2.01. The van der Waals surface area contributed by atoms with Gasteiger partial charge in [0.2, 0.25) is 0 Å². The number of likely N-dealkylation sites (N-methyl/N-ethyl adjacent to an activating group) is 1. The summed E-state index contributed by atoms with van der Waals surface area (Å²) in [5.41, 5.74) is 12.4. The zero-order valence-electron chi connectivity index (χ0n) is 12.0. The van der Waals surface area contributed by atoms with Gasteiger partial charge in [-0.25, -0.2) is 0 Å². The molecule has 1 rings (SSSR count). The maximum Gasteiger partial charge on any atom is 0.150 e. The Kier molecular flexibility index (Phi) is 11.5. The summed E-state index contributed by atoms with van der Waals surface area (Å²) in [6.45, 7) is 1.24. The van der Waals surface area contributed by atoms with Crippen molar-refractivity contribution in [3.05, 3.63) is 35.4 Å². The van der Waals surface area contributed by atoms with Crippen molar-refractivity contribution in [1.29, 1.82) is 0 Å². The zero-order valence-corrected chi connectivity index (χ0v) is 12.0. The highest BCUT2D eigenvalue weighted by molar-refractivity contribution is 5.74. The molecule has 0 amide bonds. The normalized spacial score (nSPS) is 11.2. The summed E-state index contributed by atoms with van der Waals surface area (Å²) in [5, 5.41) is 2.90. The van der Waals surface area contributed by atoms with Crippen LogP contribution in [0, 0.1) is 0 Å². The van der Waals surface area contributed by atoms with Crippen LogP contribution in [0.25, 0.3) is 0 Å². The minimum atomic E-state index is 0.0200. The summed E-state index contributed by atoms with van der Waals surface area (Å²) in [4.78, 5) is 20.4. The topological polar surface area (TPSA) is 98.2 Å². The molecule has 0 fully saturated rings. The number of carbonyl (C=O) groups is 2. The molecule has 0 aromatic heterocycles. The van der Waals surface area contributed by atoms with E-state index >= 15 is 0 Å². The second-order valence-corrected chi connectivity index (χ2v) is 4.38. The smallest absolute Gasteiger partial charge is 0.150 e. The third-order valence-electron chi connectivity index (χ3n) is 2.86. The van der Waals surface area contributed by atoms with E-state index in [1.165, 1.54) is 0 Å². The van der Waals surface area contributed by atoms with Gasteiger partial charge >= 0.3 is 0 Å². The predicted octanol–water partition coefficient (Wildman–Crippen LogP) is 0.860. The van der Waals surface area contributed by atoms with E-state index in [-0.39, 0.29) is 6.04 Å². The van der Waals surface area contributed by atoms with Crippen molar-refractivity contribution >= 4 is 12.6 Å². The third kappa shape index (κ3) is 8.53. The first kappa shape index (κ1) is 18.4. The largest absolute Gasteiger partial charge is 0.330 e. The first-order valence-electron chi connectivity index (χ1n) is 6.78. The SMILES string of the molecule is CNC(C=O)CCCCN.NCc1ccc(C=O)cc1. The van der Waals surface area contributed by atoms with Crippen LogP contribution in [0.5, 0.6) is 0 Å². The third-order valence-corrected chi connectivity index (χ3v) is 2.86. The van der Waals surface area contributed by atoms with E-state index in [2.05, 4.69) is 5.32 Å². The second kappa shape index (κ2) is 12.5. The van der Waals surface area contributed by atoms with Gasteiger partial charge in [0.1, 0.15) is 12.6 Å². The molecule has 20 heavy (non-hydrogen) atoms. The molecule has 0 spiro atoms. The van der Waals surface area contributed by atoms with E-state index in [4.69, 9.17) is 11.5 Å². The van der Waals surface area contributed by atoms with E-state index in [0.717, 1.165) is 43.9 Å². The average Bonchev–Trinajstić information content (AvgIpc) is 2.52. The minimum absolute atomic E-state index is 0.0200. The van der Waals surface area contributed by atoms with Crippen LogP contribution in [0.1, 0.15) is 35.2 Å². The van der Waals surface area contributed by atoms with Crippen molar-refractivity contribution < 1.29 is 9.59 Å². The molecule has 0 aliphatic rings. The monoisotopic (exact) mass is 279 g/mol. The average molecular weight is 279 g/mol. The number of nitrogens with two attached hydrogens (primary N) is 2. The molecule has 0 heterocycles. The summed E-state index contributed by atoms with van der Waals surface area (Å²) in [6.07, 6.45) is 4.70. The minimum Gasteiger partial charge on any atom is -0.330 e. The van der Waals surface area contributed by atoms with E-state index < -0.39 is 0 Å². The molecule has 0 bridgehead atoms. The Morgan fingerprint density at radius 3 is 2.20 bits per heavy atom. The van der Waals surface area contributed by atoms with Gasteiger partial charge in [-0.1, -0.05) is 30.7 Å². The number of carbonyl (C=O) groups excluding carboxylic acids is 2. The van der Waals surface area contributed by atoms with Crippen molar-refractivity contribution in [1.82, 2.24) is 5.32 Å². The van der Waals surface area contributed by atoms with Crippen molar-refractivity contribution in [3.8, 4) is 0 Å². The van der Waals surface area contributed by atoms with Gasteiger partial charge in [-0.05, 0) is 32.0 Å². The predicted molar refractivity (Wildman–Crippen MR) is 81.5 cm³/mol. The van der Waals surface area contributed by atoms with Crippen LogP contribution in [0.2, 0.25) is 0 Å². The summed E-state index contributed by atoms with van der Waals surface area (Å²) in [6, 6.07) is 7.24. The van der Waals surface area contributed by atoms with E-state index in [9.17, 15) is 9.59 Å². The maximum absolute atomic E-state index is 10.2. The lowest BCUT2D eigenvalue weighted by atomic mass is 10.1. The number of aldehydes is 2. The number of nitrogens with one attached hydrogen (secondary N) is 1. The van der Waals surface area contributed by atoms with Crippen molar-refractivity contribution in [2.75, 3.05) is 13.6 Å². The maximum atomic E-state index is 10.2. The standard InChI is InChI=1S/C8H9NO.C7H16N2O/c9-5-7-1-3-8(6-10)4-2-7;1-9-7(6-10)4-2-3-5-8/h1-4,6H,5,9H2;6-7,9H,2-5,8H2,1H3. The molecule has 0 aliphatic carbocycles. The molecule has 1 unspecified atom stereocenters. The molecule has 0 radical (unpaired) electrons. The van der Waals surface area contributed by atoms with Crippen molar-refractivity contribution in [2.24, 2.45) is 11.5 Å². The molecule has 5 nitrogen and oxygen atoms in total. The summed E-state index contributed by atoms with van der Waals surface area (Å²) < 4.78 is 0. The summed E-state index contributed by atoms with van der Waals surface area (Å²) >= 11 is 0. The lowest BCUT2D eigenvalue weighted by Crippen LogP contribution is -2.26. The Morgan fingerprint density at radius 1 is 1.15 bits per heavy atom. The Hall–Kier alpha value is -1.56. The fourth-order valence-electron chi connectivity index (χ4n) is 1.52. The number of benzene rings is 1. The van der Waals surface area contributed by atoms with Crippen LogP contribution in [-0.4, -0.2) is 32.2 Å². The van der Waals surface area contributed by atoms with Crippen LogP contribution in [0.4, 0.5) is 0 Å². The molecule has 0 saturated carbocycles.